The van der Waals surface area contributed by atoms with Crippen LogP contribution in [0.4, 0.5) is 0 Å². The zero-order valence-electron chi connectivity index (χ0n) is 19.5. The number of rotatable bonds is 10. The van der Waals surface area contributed by atoms with E-state index in [0.29, 0.717) is 35.6 Å². The highest BCUT2D eigenvalue weighted by Gasteiger charge is 2.33. The van der Waals surface area contributed by atoms with Gasteiger partial charge in [0.05, 0.1) is 5.69 Å². The quantitative estimate of drug-likeness (QED) is 0.517. The molecule has 0 fully saturated rings. The minimum absolute atomic E-state index is 0.0675. The molecule has 0 aliphatic heterocycles. The van der Waals surface area contributed by atoms with E-state index < -0.39 is 11.6 Å². The lowest BCUT2D eigenvalue weighted by atomic mass is 10.0. The van der Waals surface area contributed by atoms with Crippen molar-refractivity contribution < 1.29 is 14.6 Å². The zero-order chi connectivity index (χ0) is 23.5. The minimum atomic E-state index is -1.26. The second kappa shape index (κ2) is 9.54. The van der Waals surface area contributed by atoms with E-state index in [4.69, 9.17) is 4.74 Å². The highest BCUT2D eigenvalue weighted by Crippen LogP contribution is 2.23. The van der Waals surface area contributed by atoms with Gasteiger partial charge < -0.3 is 9.84 Å². The van der Waals surface area contributed by atoms with Crippen LogP contribution in [0.15, 0.2) is 29.1 Å². The summed E-state index contributed by atoms with van der Waals surface area (Å²) in [6.45, 7) is 7.84. The van der Waals surface area contributed by atoms with Gasteiger partial charge in [-0.05, 0) is 57.2 Å². The third-order valence-electron chi connectivity index (χ3n) is 5.91. The zero-order valence-corrected chi connectivity index (χ0v) is 19.5. The topological polar surface area (TPSA) is 99.2 Å². The van der Waals surface area contributed by atoms with Crippen LogP contribution >= 0.6 is 0 Å². The van der Waals surface area contributed by atoms with E-state index in [1.165, 1.54) is 0 Å². The van der Waals surface area contributed by atoms with Gasteiger partial charge in [0.1, 0.15) is 17.1 Å². The molecule has 32 heavy (non-hydrogen) atoms. The molecule has 0 aliphatic carbocycles. The molecule has 8 nitrogen and oxygen atoms in total. The molecule has 1 aromatic carbocycles. The molecule has 0 bridgehead atoms. The average molecular weight is 441 g/mol. The molecule has 3 rings (SSSR count). The summed E-state index contributed by atoms with van der Waals surface area (Å²) < 4.78 is 9.11. The van der Waals surface area contributed by atoms with Crippen LogP contribution in [-0.2, 0) is 31.2 Å². The van der Waals surface area contributed by atoms with Gasteiger partial charge in [0.25, 0.3) is 5.56 Å². The van der Waals surface area contributed by atoms with Crippen LogP contribution in [0.25, 0.3) is 11.0 Å². The van der Waals surface area contributed by atoms with E-state index in [-0.39, 0.29) is 5.56 Å². The van der Waals surface area contributed by atoms with Crippen molar-refractivity contribution in [2.75, 3.05) is 0 Å². The Morgan fingerprint density at radius 2 is 2.00 bits per heavy atom. The predicted molar refractivity (Wildman–Crippen MR) is 123 cm³/mol. The van der Waals surface area contributed by atoms with Crippen molar-refractivity contribution in [3.8, 4) is 5.75 Å². The summed E-state index contributed by atoms with van der Waals surface area (Å²) in [6, 6.07) is 7.47. The third kappa shape index (κ3) is 4.69. The summed E-state index contributed by atoms with van der Waals surface area (Å²) in [4.78, 5) is 29.3. The van der Waals surface area contributed by atoms with Crippen molar-refractivity contribution >= 4 is 17.0 Å². The van der Waals surface area contributed by atoms with Crippen LogP contribution in [0.1, 0.15) is 57.1 Å². The number of ether oxygens (including phenoxy) is 1. The van der Waals surface area contributed by atoms with Gasteiger partial charge in [0.2, 0.25) is 5.60 Å². The molecule has 0 spiro atoms. The van der Waals surface area contributed by atoms with Crippen LogP contribution in [0.3, 0.4) is 0 Å². The smallest absolute Gasteiger partial charge is 0.347 e. The molecule has 3 aromatic rings. The van der Waals surface area contributed by atoms with Gasteiger partial charge in [-0.1, -0.05) is 32.4 Å². The fourth-order valence-electron chi connectivity index (χ4n) is 3.82. The number of aliphatic carboxylic acids is 1. The second-order valence-electron chi connectivity index (χ2n) is 8.38. The number of carboxylic acid groups (broad SMARTS) is 1. The van der Waals surface area contributed by atoms with Crippen molar-refractivity contribution in [3.05, 3.63) is 51.7 Å². The van der Waals surface area contributed by atoms with Gasteiger partial charge in [-0.3, -0.25) is 14.0 Å². The highest BCUT2D eigenvalue weighted by molar-refractivity contribution is 5.77. The summed E-state index contributed by atoms with van der Waals surface area (Å²) in [5, 5.41) is 13.9. The third-order valence-corrected chi connectivity index (χ3v) is 5.91. The Morgan fingerprint density at radius 1 is 1.25 bits per heavy atom. The van der Waals surface area contributed by atoms with E-state index in [1.807, 2.05) is 25.1 Å². The van der Waals surface area contributed by atoms with Crippen molar-refractivity contribution in [2.24, 2.45) is 7.05 Å². The Labute approximate surface area is 187 Å². The average Bonchev–Trinajstić information content (AvgIpc) is 3.05. The molecule has 0 unspecified atom stereocenters. The first-order chi connectivity index (χ1) is 15.2. The molecule has 1 atom stereocenters. The molecule has 0 aliphatic rings. The number of carboxylic acids is 1. The van der Waals surface area contributed by atoms with Gasteiger partial charge in [0.15, 0.2) is 5.52 Å². The van der Waals surface area contributed by atoms with Gasteiger partial charge in [-0.2, -0.15) is 5.10 Å². The molecule has 8 heteroatoms. The Hall–Kier alpha value is -3.16. The Kier molecular flexibility index (Phi) is 7.01. The van der Waals surface area contributed by atoms with Crippen LogP contribution < -0.4 is 10.3 Å². The fourth-order valence-corrected chi connectivity index (χ4v) is 3.82. The first-order valence-electron chi connectivity index (χ1n) is 11.1. The normalized spacial score (nSPS) is 13.3. The first kappa shape index (κ1) is 23.5. The van der Waals surface area contributed by atoms with Crippen molar-refractivity contribution in [3.63, 3.8) is 0 Å². The Balaban J connectivity index is 1.75. The summed E-state index contributed by atoms with van der Waals surface area (Å²) in [5.41, 5.74) is 1.81. The van der Waals surface area contributed by atoms with Crippen LogP contribution in [0.5, 0.6) is 5.75 Å². The first-order valence-corrected chi connectivity index (χ1v) is 11.1. The molecule has 172 valence electrons. The number of benzene rings is 1. The standard InChI is InChI=1S/C24H32N4O4/c1-6-10-19-20-21(27(5)26-19)22(29)28(16(3)25-20)14-9-12-17-11-8-13-18(15-17)32-24(4,7-2)23(30)31/h8,11,13,15H,6-7,9-10,12,14H2,1-5H3,(H,30,31)/t24-/m1/s1. The molecular formula is C24H32N4O4. The molecular weight excluding hydrogens is 408 g/mol. The number of nitrogens with zero attached hydrogens (tertiary/aromatic N) is 4. The molecule has 0 saturated carbocycles. The van der Waals surface area contributed by atoms with Gasteiger partial charge >= 0.3 is 5.97 Å². The molecule has 1 N–H and O–H groups in total. The van der Waals surface area contributed by atoms with E-state index in [2.05, 4.69) is 17.0 Å². The number of hydrogen-bond donors (Lipinski definition) is 1. The van der Waals surface area contributed by atoms with E-state index in [0.717, 1.165) is 36.9 Å². The number of aryl methyl sites for hydroxylation is 4. The molecule has 0 amide bonds. The van der Waals surface area contributed by atoms with Gasteiger partial charge in [0, 0.05) is 13.6 Å². The van der Waals surface area contributed by atoms with Crippen LogP contribution in [0.2, 0.25) is 0 Å². The summed E-state index contributed by atoms with van der Waals surface area (Å²) in [5.74, 6) is 0.231. The lowest BCUT2D eigenvalue weighted by molar-refractivity contribution is -0.154. The monoisotopic (exact) mass is 440 g/mol. The van der Waals surface area contributed by atoms with Crippen molar-refractivity contribution in [1.82, 2.24) is 19.3 Å². The molecule has 0 saturated heterocycles. The van der Waals surface area contributed by atoms with E-state index in [9.17, 15) is 14.7 Å². The largest absolute Gasteiger partial charge is 0.478 e. The second-order valence-corrected chi connectivity index (χ2v) is 8.38. The van der Waals surface area contributed by atoms with Gasteiger partial charge in [-0.15, -0.1) is 0 Å². The van der Waals surface area contributed by atoms with E-state index in [1.54, 1.807) is 36.2 Å². The SMILES string of the molecule is CCCc1nn(C)c2c(=O)n(CCCc3cccc(O[C@](C)(CC)C(=O)O)c3)c(C)nc12. The number of fused-ring (bicyclic) bond motifs is 1. The van der Waals surface area contributed by atoms with Crippen molar-refractivity contribution in [1.29, 1.82) is 0 Å². The number of hydrogen-bond acceptors (Lipinski definition) is 5. The fraction of sp³-hybridized carbons (Fsp3) is 0.500. The number of aromatic nitrogens is 4. The Morgan fingerprint density at radius 3 is 2.66 bits per heavy atom. The lowest BCUT2D eigenvalue weighted by Crippen LogP contribution is -2.40. The maximum absolute atomic E-state index is 13.1. The summed E-state index contributed by atoms with van der Waals surface area (Å²) >= 11 is 0. The maximum atomic E-state index is 13.1. The van der Waals surface area contributed by atoms with E-state index >= 15 is 0 Å². The maximum Gasteiger partial charge on any atom is 0.347 e. The summed E-state index contributed by atoms with van der Waals surface area (Å²) in [6.07, 6.45) is 3.57. The number of carbonyl (C=O) groups is 1. The lowest BCUT2D eigenvalue weighted by Gasteiger charge is -2.25. The van der Waals surface area contributed by atoms with Crippen LogP contribution in [0, 0.1) is 6.92 Å². The molecule has 0 radical (unpaired) electrons. The molecule has 2 heterocycles. The summed E-state index contributed by atoms with van der Waals surface area (Å²) in [7, 11) is 1.79. The van der Waals surface area contributed by atoms with Gasteiger partial charge in [-0.25, -0.2) is 9.78 Å². The Bertz CT molecular complexity index is 1180. The van der Waals surface area contributed by atoms with Crippen molar-refractivity contribution in [2.45, 2.75) is 71.9 Å². The molecule has 2 aromatic heterocycles. The minimum Gasteiger partial charge on any atom is -0.478 e. The highest BCUT2D eigenvalue weighted by atomic mass is 16.5. The van der Waals surface area contributed by atoms with Crippen LogP contribution in [-0.4, -0.2) is 36.0 Å². The predicted octanol–water partition coefficient (Wildman–Crippen LogP) is 3.66.